The van der Waals surface area contributed by atoms with E-state index in [1.807, 2.05) is 86.6 Å². The van der Waals surface area contributed by atoms with E-state index in [4.69, 9.17) is 0 Å². The molecule has 1 aliphatic heterocycles. The van der Waals surface area contributed by atoms with Gasteiger partial charge in [-0.25, -0.2) is 0 Å². The van der Waals surface area contributed by atoms with Gasteiger partial charge in [0.15, 0.2) is 0 Å². The molecule has 3 aromatic carbocycles. The SMILES string of the molecule is Cc1ccc(N2CC(C(=O)NC(c3ccccc3)c3ccccc3)CC2=O)c(C)c1. The van der Waals surface area contributed by atoms with E-state index in [1.54, 1.807) is 4.90 Å². The lowest BCUT2D eigenvalue weighted by molar-refractivity contribution is -0.126. The average Bonchev–Trinajstić information content (AvgIpc) is 3.14. The third-order valence-electron chi connectivity index (χ3n) is 5.69. The molecule has 1 unspecified atom stereocenters. The largest absolute Gasteiger partial charge is 0.345 e. The summed E-state index contributed by atoms with van der Waals surface area (Å²) in [6.07, 6.45) is 0.232. The van der Waals surface area contributed by atoms with E-state index in [0.29, 0.717) is 6.54 Å². The lowest BCUT2D eigenvalue weighted by Gasteiger charge is -2.22. The Hall–Kier alpha value is -3.40. The topological polar surface area (TPSA) is 49.4 Å². The monoisotopic (exact) mass is 398 g/mol. The molecule has 4 rings (SSSR count). The van der Waals surface area contributed by atoms with Crippen molar-refractivity contribution in [2.75, 3.05) is 11.4 Å². The molecule has 4 nitrogen and oxygen atoms in total. The van der Waals surface area contributed by atoms with Gasteiger partial charge in [0.05, 0.1) is 12.0 Å². The van der Waals surface area contributed by atoms with E-state index in [0.717, 1.165) is 27.9 Å². The van der Waals surface area contributed by atoms with Gasteiger partial charge in [0.2, 0.25) is 11.8 Å². The summed E-state index contributed by atoms with van der Waals surface area (Å²) in [6, 6.07) is 25.7. The van der Waals surface area contributed by atoms with Crippen LogP contribution in [0.2, 0.25) is 0 Å². The first-order valence-electron chi connectivity index (χ1n) is 10.3. The van der Waals surface area contributed by atoms with Crippen LogP contribution in [-0.4, -0.2) is 18.4 Å². The molecule has 152 valence electrons. The second kappa shape index (κ2) is 8.54. The zero-order valence-electron chi connectivity index (χ0n) is 17.3. The number of hydrogen-bond donors (Lipinski definition) is 1. The molecule has 0 saturated carbocycles. The summed E-state index contributed by atoms with van der Waals surface area (Å²) in [5.41, 5.74) is 5.14. The number of benzene rings is 3. The first-order valence-corrected chi connectivity index (χ1v) is 10.3. The number of carbonyl (C=O) groups excluding carboxylic acids is 2. The molecule has 3 aromatic rings. The Kier molecular flexibility index (Phi) is 5.66. The Labute approximate surface area is 177 Å². The normalized spacial score (nSPS) is 16.2. The van der Waals surface area contributed by atoms with E-state index in [9.17, 15) is 9.59 Å². The molecular weight excluding hydrogens is 372 g/mol. The van der Waals surface area contributed by atoms with Crippen LogP contribution in [0.25, 0.3) is 0 Å². The second-order valence-corrected chi connectivity index (χ2v) is 7.96. The van der Waals surface area contributed by atoms with Crippen LogP contribution in [0, 0.1) is 19.8 Å². The Morgan fingerprint density at radius 2 is 1.53 bits per heavy atom. The number of nitrogens with one attached hydrogen (secondary N) is 1. The first kappa shape index (κ1) is 19.9. The Bertz CT molecular complexity index is 1010. The highest BCUT2D eigenvalue weighted by Crippen LogP contribution is 2.30. The van der Waals surface area contributed by atoms with E-state index in [1.165, 1.54) is 0 Å². The number of hydrogen-bond acceptors (Lipinski definition) is 2. The molecule has 4 heteroatoms. The van der Waals surface area contributed by atoms with Gasteiger partial charge in [0, 0.05) is 18.7 Å². The summed E-state index contributed by atoms with van der Waals surface area (Å²) in [7, 11) is 0. The summed E-state index contributed by atoms with van der Waals surface area (Å²) in [5.74, 6) is -0.459. The highest BCUT2D eigenvalue weighted by Gasteiger charge is 2.36. The number of carbonyl (C=O) groups is 2. The number of nitrogens with zero attached hydrogens (tertiary/aromatic N) is 1. The van der Waals surface area contributed by atoms with Crippen molar-refractivity contribution in [3.05, 3.63) is 101 Å². The Balaban J connectivity index is 1.54. The summed E-state index contributed by atoms with van der Waals surface area (Å²) < 4.78 is 0. The van der Waals surface area contributed by atoms with Crippen LogP contribution in [-0.2, 0) is 9.59 Å². The fourth-order valence-corrected chi connectivity index (χ4v) is 4.13. The Morgan fingerprint density at radius 1 is 0.933 bits per heavy atom. The third-order valence-corrected chi connectivity index (χ3v) is 5.69. The molecule has 0 aromatic heterocycles. The number of aryl methyl sites for hydroxylation is 2. The van der Waals surface area contributed by atoms with Crippen molar-refractivity contribution in [1.29, 1.82) is 0 Å². The molecule has 0 spiro atoms. The third kappa shape index (κ3) is 4.13. The van der Waals surface area contributed by atoms with Crippen LogP contribution in [0.15, 0.2) is 78.9 Å². The summed E-state index contributed by atoms with van der Waals surface area (Å²) in [4.78, 5) is 27.6. The van der Waals surface area contributed by atoms with Crippen LogP contribution in [0.3, 0.4) is 0 Å². The summed E-state index contributed by atoms with van der Waals surface area (Å²) in [5, 5.41) is 3.19. The Morgan fingerprint density at radius 3 is 2.10 bits per heavy atom. The van der Waals surface area contributed by atoms with E-state index >= 15 is 0 Å². The van der Waals surface area contributed by atoms with Crippen LogP contribution in [0.5, 0.6) is 0 Å². The van der Waals surface area contributed by atoms with Crippen molar-refractivity contribution in [3.8, 4) is 0 Å². The van der Waals surface area contributed by atoms with Gasteiger partial charge in [-0.15, -0.1) is 0 Å². The van der Waals surface area contributed by atoms with E-state index < -0.39 is 0 Å². The molecule has 0 radical (unpaired) electrons. The molecule has 0 bridgehead atoms. The quantitative estimate of drug-likeness (QED) is 0.685. The van der Waals surface area contributed by atoms with Crippen LogP contribution >= 0.6 is 0 Å². The molecular formula is C26H26N2O2. The molecule has 30 heavy (non-hydrogen) atoms. The predicted octanol–water partition coefficient (Wildman–Crippen LogP) is 4.56. The van der Waals surface area contributed by atoms with Crippen molar-refractivity contribution >= 4 is 17.5 Å². The smallest absolute Gasteiger partial charge is 0.227 e. The van der Waals surface area contributed by atoms with Gasteiger partial charge in [-0.2, -0.15) is 0 Å². The molecule has 0 aliphatic carbocycles. The van der Waals surface area contributed by atoms with Gasteiger partial charge in [0.1, 0.15) is 0 Å². The van der Waals surface area contributed by atoms with Crippen molar-refractivity contribution in [1.82, 2.24) is 5.32 Å². The van der Waals surface area contributed by atoms with Crippen LogP contribution < -0.4 is 10.2 Å². The second-order valence-electron chi connectivity index (χ2n) is 7.96. The maximum atomic E-state index is 13.2. The highest BCUT2D eigenvalue weighted by molar-refractivity contribution is 6.01. The minimum Gasteiger partial charge on any atom is -0.345 e. The van der Waals surface area contributed by atoms with Gasteiger partial charge in [-0.1, -0.05) is 78.4 Å². The van der Waals surface area contributed by atoms with E-state index in [-0.39, 0.29) is 30.2 Å². The molecule has 1 heterocycles. The molecule has 1 atom stereocenters. The van der Waals surface area contributed by atoms with Gasteiger partial charge >= 0.3 is 0 Å². The fourth-order valence-electron chi connectivity index (χ4n) is 4.13. The van der Waals surface area contributed by atoms with Gasteiger partial charge in [0.25, 0.3) is 0 Å². The van der Waals surface area contributed by atoms with Crippen LogP contribution in [0.4, 0.5) is 5.69 Å². The molecule has 1 saturated heterocycles. The molecule has 1 aliphatic rings. The average molecular weight is 399 g/mol. The lowest BCUT2D eigenvalue weighted by atomic mass is 9.97. The minimum atomic E-state index is -0.367. The zero-order valence-corrected chi connectivity index (χ0v) is 17.3. The van der Waals surface area contributed by atoms with Crippen molar-refractivity contribution in [2.45, 2.75) is 26.3 Å². The summed E-state index contributed by atoms with van der Waals surface area (Å²) >= 11 is 0. The lowest BCUT2D eigenvalue weighted by Crippen LogP contribution is -2.36. The maximum absolute atomic E-state index is 13.2. The fraction of sp³-hybridized carbons (Fsp3) is 0.231. The van der Waals surface area contributed by atoms with E-state index in [2.05, 4.69) is 11.4 Å². The molecule has 2 amide bonds. The summed E-state index contributed by atoms with van der Waals surface area (Å²) in [6.45, 7) is 4.45. The predicted molar refractivity (Wildman–Crippen MR) is 119 cm³/mol. The number of rotatable bonds is 5. The molecule has 1 N–H and O–H groups in total. The van der Waals surface area contributed by atoms with Gasteiger partial charge in [-0.3, -0.25) is 9.59 Å². The van der Waals surface area contributed by atoms with Crippen molar-refractivity contribution in [3.63, 3.8) is 0 Å². The number of anilines is 1. The van der Waals surface area contributed by atoms with Gasteiger partial charge in [-0.05, 0) is 36.6 Å². The highest BCUT2D eigenvalue weighted by atomic mass is 16.2. The van der Waals surface area contributed by atoms with Crippen molar-refractivity contribution in [2.24, 2.45) is 5.92 Å². The molecule has 1 fully saturated rings. The first-order chi connectivity index (χ1) is 14.5. The van der Waals surface area contributed by atoms with Crippen molar-refractivity contribution < 1.29 is 9.59 Å². The standard InChI is InChI=1S/C26H26N2O2/c1-18-13-14-23(19(2)15-18)28-17-22(16-24(28)29)26(30)27-25(20-9-5-3-6-10-20)21-11-7-4-8-12-21/h3-15,22,25H,16-17H2,1-2H3,(H,27,30). The van der Waals surface area contributed by atoms with Crippen LogP contribution in [0.1, 0.15) is 34.7 Å². The van der Waals surface area contributed by atoms with Gasteiger partial charge < -0.3 is 10.2 Å². The minimum absolute atomic E-state index is 0.00178. The zero-order chi connectivity index (χ0) is 21.1. The number of amides is 2. The maximum Gasteiger partial charge on any atom is 0.227 e.